The lowest BCUT2D eigenvalue weighted by Crippen LogP contribution is -2.47. The van der Waals surface area contributed by atoms with Gasteiger partial charge in [-0.3, -0.25) is 14.5 Å². The molecule has 8 heteroatoms. The number of ether oxygens (including phenoxy) is 1. The highest BCUT2D eigenvalue weighted by Gasteiger charge is 2.33. The van der Waals surface area contributed by atoms with Gasteiger partial charge in [0.2, 0.25) is 5.91 Å². The maximum absolute atomic E-state index is 13.2. The first-order valence-corrected chi connectivity index (χ1v) is 10.5. The molecule has 8 nitrogen and oxygen atoms in total. The molecule has 3 heterocycles. The van der Waals surface area contributed by atoms with Crippen LogP contribution in [0, 0.1) is 26.7 Å². The fourth-order valence-electron chi connectivity index (χ4n) is 4.19. The standard InChI is InChI=1S/C23H30N4O4/c1-13-8-6-10-18(24-13)26-22(29)17-9-7-11-27(12-17)16(4)21(28)20-14(2)19(15(3)25-20)23(30)31-5/h6,8,10,16-17,25H,7,9,11-12H2,1-5H3,(H,24,26,29). The van der Waals surface area contributed by atoms with Gasteiger partial charge in [-0.2, -0.15) is 0 Å². The molecule has 0 aromatic carbocycles. The Hall–Kier alpha value is -3.00. The molecule has 2 aromatic heterocycles. The van der Waals surface area contributed by atoms with Crippen LogP contribution in [-0.2, 0) is 9.53 Å². The molecule has 0 saturated carbocycles. The van der Waals surface area contributed by atoms with E-state index in [1.54, 1.807) is 19.9 Å². The number of esters is 1. The van der Waals surface area contributed by atoms with Crippen molar-refractivity contribution in [3.8, 4) is 0 Å². The Bertz CT molecular complexity index is 997. The first kappa shape index (κ1) is 22.7. The Morgan fingerprint density at radius 3 is 2.68 bits per heavy atom. The molecule has 166 valence electrons. The Labute approximate surface area is 182 Å². The smallest absolute Gasteiger partial charge is 0.339 e. The zero-order chi connectivity index (χ0) is 22.7. The second kappa shape index (κ2) is 9.43. The minimum absolute atomic E-state index is 0.0812. The number of H-pyrrole nitrogens is 1. The number of pyridine rings is 1. The van der Waals surface area contributed by atoms with Crippen LogP contribution >= 0.6 is 0 Å². The lowest BCUT2D eigenvalue weighted by atomic mass is 9.94. The van der Waals surface area contributed by atoms with Crippen LogP contribution in [0.1, 0.15) is 57.6 Å². The summed E-state index contributed by atoms with van der Waals surface area (Å²) in [7, 11) is 1.32. The summed E-state index contributed by atoms with van der Waals surface area (Å²) < 4.78 is 4.83. The molecular formula is C23H30N4O4. The number of methoxy groups -OCH3 is 1. The summed E-state index contributed by atoms with van der Waals surface area (Å²) in [6, 6.07) is 5.08. The zero-order valence-corrected chi connectivity index (χ0v) is 18.7. The van der Waals surface area contributed by atoms with Gasteiger partial charge in [0.05, 0.1) is 30.3 Å². The second-order valence-corrected chi connectivity index (χ2v) is 8.14. The molecule has 2 N–H and O–H groups in total. The van der Waals surface area contributed by atoms with Gasteiger partial charge in [-0.25, -0.2) is 9.78 Å². The monoisotopic (exact) mass is 426 g/mol. The molecule has 2 atom stereocenters. The van der Waals surface area contributed by atoms with E-state index in [1.165, 1.54) is 7.11 Å². The predicted molar refractivity (Wildman–Crippen MR) is 117 cm³/mol. The Kier molecular flexibility index (Phi) is 6.90. The number of amides is 1. The number of carbonyl (C=O) groups excluding carboxylic acids is 3. The van der Waals surface area contributed by atoms with Gasteiger partial charge in [-0.15, -0.1) is 0 Å². The van der Waals surface area contributed by atoms with Gasteiger partial charge >= 0.3 is 5.97 Å². The first-order valence-electron chi connectivity index (χ1n) is 10.5. The van der Waals surface area contributed by atoms with Crippen LogP contribution in [-0.4, -0.2) is 58.8 Å². The normalized spacial score (nSPS) is 17.8. The summed E-state index contributed by atoms with van der Waals surface area (Å²) in [5.41, 5.74) is 2.87. The molecule has 31 heavy (non-hydrogen) atoms. The van der Waals surface area contributed by atoms with Crippen LogP contribution in [0.15, 0.2) is 18.2 Å². The van der Waals surface area contributed by atoms with E-state index in [9.17, 15) is 14.4 Å². The zero-order valence-electron chi connectivity index (χ0n) is 18.7. The van der Waals surface area contributed by atoms with Crippen molar-refractivity contribution in [2.24, 2.45) is 5.92 Å². The van der Waals surface area contributed by atoms with Crippen molar-refractivity contribution in [2.75, 3.05) is 25.5 Å². The van der Waals surface area contributed by atoms with Crippen LogP contribution in [0.4, 0.5) is 5.82 Å². The maximum atomic E-state index is 13.2. The number of nitrogens with one attached hydrogen (secondary N) is 2. The third-order valence-corrected chi connectivity index (χ3v) is 5.96. The molecule has 2 aromatic rings. The number of nitrogens with zero attached hydrogens (tertiary/aromatic N) is 2. The second-order valence-electron chi connectivity index (χ2n) is 8.14. The molecule has 2 unspecified atom stereocenters. The van der Waals surface area contributed by atoms with Crippen LogP contribution in [0.5, 0.6) is 0 Å². The van der Waals surface area contributed by atoms with Crippen molar-refractivity contribution in [3.05, 3.63) is 46.4 Å². The minimum Gasteiger partial charge on any atom is -0.465 e. The van der Waals surface area contributed by atoms with E-state index in [0.717, 1.165) is 25.1 Å². The predicted octanol–water partition coefficient (Wildman–Crippen LogP) is 3.04. The summed E-state index contributed by atoms with van der Waals surface area (Å²) in [4.78, 5) is 47.4. The Morgan fingerprint density at radius 1 is 1.26 bits per heavy atom. The van der Waals surface area contributed by atoms with Crippen LogP contribution in [0.25, 0.3) is 0 Å². The highest BCUT2D eigenvalue weighted by Crippen LogP contribution is 2.24. The minimum atomic E-state index is -0.461. The first-order chi connectivity index (χ1) is 14.7. The number of aryl methyl sites for hydroxylation is 2. The van der Waals surface area contributed by atoms with E-state index < -0.39 is 12.0 Å². The number of hydrogen-bond donors (Lipinski definition) is 2. The maximum Gasteiger partial charge on any atom is 0.339 e. The molecule has 1 amide bonds. The number of rotatable bonds is 6. The summed E-state index contributed by atoms with van der Waals surface area (Å²) in [6.07, 6.45) is 1.59. The van der Waals surface area contributed by atoms with Gasteiger partial charge in [-0.1, -0.05) is 6.07 Å². The van der Waals surface area contributed by atoms with Crippen molar-refractivity contribution in [1.29, 1.82) is 0 Å². The van der Waals surface area contributed by atoms with E-state index in [-0.39, 0.29) is 17.6 Å². The number of hydrogen-bond acceptors (Lipinski definition) is 6. The SMILES string of the molecule is COC(=O)c1c(C)[nH]c(C(=O)C(C)N2CCCC(C(=O)Nc3cccc(C)n3)C2)c1C. The highest BCUT2D eigenvalue weighted by atomic mass is 16.5. The number of aromatic nitrogens is 2. The molecule has 0 aliphatic carbocycles. The summed E-state index contributed by atoms with van der Waals surface area (Å²) in [6.45, 7) is 8.45. The van der Waals surface area contributed by atoms with Crippen molar-refractivity contribution >= 4 is 23.5 Å². The van der Waals surface area contributed by atoms with Gasteiger partial charge in [-0.05, 0) is 64.8 Å². The fraction of sp³-hybridized carbons (Fsp3) is 0.478. The lowest BCUT2D eigenvalue weighted by molar-refractivity contribution is -0.121. The summed E-state index contributed by atoms with van der Waals surface area (Å²) in [5, 5.41) is 2.89. The molecule has 0 bridgehead atoms. The topological polar surface area (TPSA) is 104 Å². The van der Waals surface area contributed by atoms with E-state index in [2.05, 4.69) is 15.3 Å². The lowest BCUT2D eigenvalue weighted by Gasteiger charge is -2.35. The van der Waals surface area contributed by atoms with Crippen LogP contribution in [0.3, 0.4) is 0 Å². The number of likely N-dealkylation sites (tertiary alicyclic amines) is 1. The van der Waals surface area contributed by atoms with Crippen molar-refractivity contribution < 1.29 is 19.1 Å². The van der Waals surface area contributed by atoms with Crippen molar-refractivity contribution in [1.82, 2.24) is 14.9 Å². The van der Waals surface area contributed by atoms with Gasteiger partial charge in [0, 0.05) is 17.9 Å². The third-order valence-electron chi connectivity index (χ3n) is 5.96. The third kappa shape index (κ3) is 4.85. The van der Waals surface area contributed by atoms with Gasteiger partial charge in [0.1, 0.15) is 5.82 Å². The average molecular weight is 427 g/mol. The van der Waals surface area contributed by atoms with Gasteiger partial charge < -0.3 is 15.0 Å². The molecule has 1 saturated heterocycles. The Balaban J connectivity index is 1.70. The molecule has 1 fully saturated rings. The molecule has 1 aliphatic rings. The van der Waals surface area contributed by atoms with E-state index in [0.29, 0.717) is 34.9 Å². The molecule has 0 radical (unpaired) electrons. The largest absolute Gasteiger partial charge is 0.465 e. The van der Waals surface area contributed by atoms with Crippen molar-refractivity contribution in [2.45, 2.75) is 46.6 Å². The average Bonchev–Trinajstić information content (AvgIpc) is 3.06. The summed E-state index contributed by atoms with van der Waals surface area (Å²) in [5.74, 6) is -0.320. The number of piperidine rings is 1. The number of anilines is 1. The van der Waals surface area contributed by atoms with E-state index in [4.69, 9.17) is 4.74 Å². The molecule has 1 aliphatic heterocycles. The van der Waals surface area contributed by atoms with Gasteiger partial charge in [0.15, 0.2) is 5.78 Å². The highest BCUT2D eigenvalue weighted by molar-refractivity contribution is 6.03. The molecule has 3 rings (SSSR count). The quantitative estimate of drug-likeness (QED) is 0.543. The number of aromatic amines is 1. The van der Waals surface area contributed by atoms with Crippen LogP contribution < -0.4 is 5.32 Å². The molecular weight excluding hydrogens is 396 g/mol. The Morgan fingerprint density at radius 2 is 2.00 bits per heavy atom. The van der Waals surface area contributed by atoms with Gasteiger partial charge in [0.25, 0.3) is 0 Å². The fourth-order valence-corrected chi connectivity index (χ4v) is 4.19. The molecule has 0 spiro atoms. The van der Waals surface area contributed by atoms with Crippen molar-refractivity contribution in [3.63, 3.8) is 0 Å². The van der Waals surface area contributed by atoms with Crippen LogP contribution in [0.2, 0.25) is 0 Å². The van der Waals surface area contributed by atoms with E-state index >= 15 is 0 Å². The number of carbonyl (C=O) groups is 3. The number of ketones is 1. The van der Waals surface area contributed by atoms with E-state index in [1.807, 2.05) is 30.9 Å². The number of Topliss-reactive ketones (excluding diaryl/α,β-unsaturated/α-hetero) is 1. The summed E-state index contributed by atoms with van der Waals surface area (Å²) >= 11 is 0.